The molecule has 1 radical (unpaired) electrons. The molecule has 0 spiro atoms. The monoisotopic (exact) mass is 273 g/mol. The van der Waals surface area contributed by atoms with Crippen molar-refractivity contribution in [2.24, 2.45) is 0 Å². The molecule has 2 aromatic rings. The average Bonchev–Trinajstić information content (AvgIpc) is 2.30. The summed E-state index contributed by atoms with van der Waals surface area (Å²) in [5.74, 6) is -0.0340. The number of rotatable bonds is 2. The predicted molar refractivity (Wildman–Crippen MR) is 72.1 cm³/mol. The zero-order valence-corrected chi connectivity index (χ0v) is 12.8. The maximum Gasteiger partial charge on any atom is 0.193 e. The molecule has 0 aliphatic heterocycles. The summed E-state index contributed by atoms with van der Waals surface area (Å²) >= 11 is 11.5. The minimum Gasteiger partial charge on any atom is -0.289 e. The summed E-state index contributed by atoms with van der Waals surface area (Å²) < 4.78 is 0. The quantitative estimate of drug-likeness (QED) is 0.600. The third-order valence-electron chi connectivity index (χ3n) is 2.21. The topological polar surface area (TPSA) is 17.1 Å². The maximum atomic E-state index is 12.0. The first-order valence-corrected chi connectivity index (χ1v) is 5.48. The van der Waals surface area contributed by atoms with Gasteiger partial charge in [0, 0.05) is 50.7 Å². The molecule has 1 nitrogen and oxygen atoms in total. The minimum absolute atomic E-state index is 0. The molecule has 0 bridgehead atoms. The fraction of sp³-hybridized carbons (Fsp3) is 0. The van der Waals surface area contributed by atoms with Crippen molar-refractivity contribution in [2.45, 2.75) is 0 Å². The van der Waals surface area contributed by atoms with E-state index in [2.05, 4.69) is 0 Å². The van der Waals surface area contributed by atoms with Crippen LogP contribution >= 0.6 is 23.2 Å². The van der Waals surface area contributed by atoms with Crippen molar-refractivity contribution in [3.63, 3.8) is 0 Å². The molecule has 0 aliphatic rings. The molecular formula is C13H8Cl2NaO. The normalized spacial score (nSPS) is 9.53. The minimum atomic E-state index is -0.0340. The van der Waals surface area contributed by atoms with E-state index in [0.29, 0.717) is 21.2 Å². The van der Waals surface area contributed by atoms with Crippen molar-refractivity contribution in [1.29, 1.82) is 0 Å². The van der Waals surface area contributed by atoms with E-state index in [-0.39, 0.29) is 35.3 Å². The van der Waals surface area contributed by atoms with E-state index in [4.69, 9.17) is 23.2 Å². The van der Waals surface area contributed by atoms with E-state index >= 15 is 0 Å². The van der Waals surface area contributed by atoms with E-state index in [9.17, 15) is 4.79 Å². The third kappa shape index (κ3) is 3.84. The number of carbonyl (C=O) groups excluding carboxylic acids is 1. The Morgan fingerprint density at radius 2 is 1.00 bits per heavy atom. The molecule has 0 N–H and O–H groups in total. The molecule has 0 saturated heterocycles. The molecule has 0 fully saturated rings. The van der Waals surface area contributed by atoms with E-state index in [0.717, 1.165) is 0 Å². The van der Waals surface area contributed by atoms with Crippen molar-refractivity contribution < 1.29 is 4.79 Å². The maximum absolute atomic E-state index is 12.0. The van der Waals surface area contributed by atoms with Crippen molar-refractivity contribution in [1.82, 2.24) is 0 Å². The van der Waals surface area contributed by atoms with Crippen molar-refractivity contribution in [3.8, 4) is 0 Å². The van der Waals surface area contributed by atoms with Gasteiger partial charge in [-0.1, -0.05) is 23.2 Å². The second-order valence-electron chi connectivity index (χ2n) is 3.34. The summed E-state index contributed by atoms with van der Waals surface area (Å²) in [4.78, 5) is 12.0. The van der Waals surface area contributed by atoms with Gasteiger partial charge in [0.1, 0.15) is 0 Å². The van der Waals surface area contributed by atoms with Crippen LogP contribution in [-0.2, 0) is 0 Å². The van der Waals surface area contributed by atoms with Crippen LogP contribution in [0.25, 0.3) is 0 Å². The first kappa shape index (κ1) is 14.7. The van der Waals surface area contributed by atoms with Crippen LogP contribution < -0.4 is 0 Å². The molecule has 0 unspecified atom stereocenters. The Balaban J connectivity index is 0.00000144. The molecule has 17 heavy (non-hydrogen) atoms. The van der Waals surface area contributed by atoms with Gasteiger partial charge < -0.3 is 0 Å². The second kappa shape index (κ2) is 6.58. The summed E-state index contributed by atoms with van der Waals surface area (Å²) in [6.07, 6.45) is 0. The SMILES string of the molecule is O=C(c1ccc(Cl)cc1)c1ccc(Cl)cc1.[Na]. The van der Waals surface area contributed by atoms with Crippen LogP contribution in [0.15, 0.2) is 48.5 Å². The number of hydrogen-bond acceptors (Lipinski definition) is 1. The molecule has 0 saturated carbocycles. The number of halogens is 2. The van der Waals surface area contributed by atoms with Crippen LogP contribution in [0.2, 0.25) is 10.0 Å². The van der Waals surface area contributed by atoms with Crippen LogP contribution in [0.3, 0.4) is 0 Å². The molecule has 4 heteroatoms. The summed E-state index contributed by atoms with van der Waals surface area (Å²) in [5.41, 5.74) is 1.23. The molecule has 81 valence electrons. The summed E-state index contributed by atoms with van der Waals surface area (Å²) in [6.45, 7) is 0. The molecule has 0 atom stereocenters. The Morgan fingerprint density at radius 3 is 1.29 bits per heavy atom. The van der Waals surface area contributed by atoms with E-state index in [1.54, 1.807) is 48.5 Å². The Labute approximate surface area is 132 Å². The van der Waals surface area contributed by atoms with E-state index in [1.165, 1.54) is 0 Å². The zero-order chi connectivity index (χ0) is 11.5. The Morgan fingerprint density at radius 1 is 0.706 bits per heavy atom. The van der Waals surface area contributed by atoms with Crippen LogP contribution in [0.4, 0.5) is 0 Å². The number of ketones is 1. The van der Waals surface area contributed by atoms with Gasteiger partial charge >= 0.3 is 0 Å². The van der Waals surface area contributed by atoms with Gasteiger partial charge in [-0.25, -0.2) is 0 Å². The first-order chi connectivity index (χ1) is 7.66. The predicted octanol–water partition coefficient (Wildman–Crippen LogP) is 3.84. The number of benzene rings is 2. The molecule has 2 rings (SSSR count). The molecule has 0 heterocycles. The second-order valence-corrected chi connectivity index (χ2v) is 4.22. The number of carbonyl (C=O) groups is 1. The van der Waals surface area contributed by atoms with Gasteiger partial charge in [-0.05, 0) is 48.5 Å². The molecule has 0 amide bonds. The molecule has 2 aromatic carbocycles. The Hall–Kier alpha value is -0.310. The molecule has 0 aromatic heterocycles. The van der Waals surface area contributed by atoms with Gasteiger partial charge in [0.25, 0.3) is 0 Å². The Bertz CT molecular complexity index is 458. The number of hydrogen-bond donors (Lipinski definition) is 0. The van der Waals surface area contributed by atoms with Gasteiger partial charge in [-0.2, -0.15) is 0 Å². The van der Waals surface area contributed by atoms with Gasteiger partial charge in [-0.15, -0.1) is 0 Å². The largest absolute Gasteiger partial charge is 0.289 e. The third-order valence-corrected chi connectivity index (χ3v) is 2.72. The van der Waals surface area contributed by atoms with Gasteiger partial charge in [0.15, 0.2) is 5.78 Å². The van der Waals surface area contributed by atoms with Gasteiger partial charge in [0.05, 0.1) is 0 Å². The molecule has 0 aliphatic carbocycles. The zero-order valence-electron chi connectivity index (χ0n) is 9.28. The van der Waals surface area contributed by atoms with E-state index < -0.39 is 0 Å². The summed E-state index contributed by atoms with van der Waals surface area (Å²) in [5, 5.41) is 1.24. The van der Waals surface area contributed by atoms with Crippen LogP contribution in [0, 0.1) is 0 Å². The average molecular weight is 274 g/mol. The van der Waals surface area contributed by atoms with Crippen molar-refractivity contribution in [3.05, 3.63) is 69.7 Å². The van der Waals surface area contributed by atoms with Gasteiger partial charge in [-0.3, -0.25) is 4.79 Å². The van der Waals surface area contributed by atoms with Gasteiger partial charge in [0.2, 0.25) is 0 Å². The van der Waals surface area contributed by atoms with Crippen LogP contribution in [0.1, 0.15) is 15.9 Å². The molecular weight excluding hydrogens is 266 g/mol. The first-order valence-electron chi connectivity index (χ1n) is 4.72. The van der Waals surface area contributed by atoms with Crippen LogP contribution in [-0.4, -0.2) is 35.3 Å². The van der Waals surface area contributed by atoms with E-state index in [1.807, 2.05) is 0 Å². The standard InChI is InChI=1S/C13H8Cl2O.Na/c14-11-5-1-9(2-6-11)13(16)10-3-7-12(15)8-4-10;/h1-8H;. The fourth-order valence-electron chi connectivity index (χ4n) is 1.37. The summed E-state index contributed by atoms with van der Waals surface area (Å²) in [6, 6.07) is 13.6. The Kier molecular flexibility index (Phi) is 5.71. The van der Waals surface area contributed by atoms with Crippen LogP contribution in [0.5, 0.6) is 0 Å². The van der Waals surface area contributed by atoms with Crippen molar-refractivity contribution >= 4 is 58.5 Å². The van der Waals surface area contributed by atoms with Crippen molar-refractivity contribution in [2.75, 3.05) is 0 Å². The fourth-order valence-corrected chi connectivity index (χ4v) is 1.62. The summed E-state index contributed by atoms with van der Waals surface area (Å²) in [7, 11) is 0. The smallest absolute Gasteiger partial charge is 0.193 e.